The van der Waals surface area contributed by atoms with Gasteiger partial charge in [0.05, 0.1) is 18.3 Å². The molecule has 10 heteroatoms. The number of rotatable bonds is 16. The lowest BCUT2D eigenvalue weighted by atomic mass is 9.79. The second kappa shape index (κ2) is 16.7. The van der Waals surface area contributed by atoms with Crippen molar-refractivity contribution >= 4 is 5.91 Å². The first-order chi connectivity index (χ1) is 18.8. The van der Waals surface area contributed by atoms with E-state index in [1.165, 1.54) is 7.11 Å². The lowest BCUT2D eigenvalue weighted by Crippen LogP contribution is -2.46. The van der Waals surface area contributed by atoms with Crippen LogP contribution in [0, 0.1) is 23.7 Å². The van der Waals surface area contributed by atoms with Crippen molar-refractivity contribution in [2.45, 2.75) is 103 Å². The zero-order chi connectivity index (χ0) is 29.9. The summed E-state index contributed by atoms with van der Waals surface area (Å²) >= 11 is 0. The molecule has 232 valence electrons. The first kappa shape index (κ1) is 34.6. The molecule has 1 amide bonds. The lowest BCUT2D eigenvalue weighted by Gasteiger charge is -2.32. The molecule has 0 unspecified atom stereocenters. The first-order valence-electron chi connectivity index (χ1n) is 14.8. The molecule has 1 aliphatic carbocycles. The molecular formula is C30H51F3N2O5. The number of carbonyl (C=O) groups is 1. The maximum absolute atomic E-state index is 13.6. The Balaban J connectivity index is 2.04. The van der Waals surface area contributed by atoms with Gasteiger partial charge in [-0.25, -0.2) is 0 Å². The first-order valence-corrected chi connectivity index (χ1v) is 14.8. The SMILES string of the molecule is COCCCOC1=C(C(F)(F)F)CCC(C[C@@H](C[C@H](N)[C@@H](O)C[C@H](C(=O)NC2CCOCC2)C(C)C)C(C)C)=C1. The van der Waals surface area contributed by atoms with E-state index in [-0.39, 0.29) is 60.8 Å². The number of halogens is 3. The Hall–Kier alpha value is -1.62. The van der Waals surface area contributed by atoms with E-state index in [4.69, 9.17) is 19.9 Å². The lowest BCUT2D eigenvalue weighted by molar-refractivity contribution is -0.129. The molecule has 4 atom stereocenters. The average molecular weight is 577 g/mol. The van der Waals surface area contributed by atoms with Gasteiger partial charge in [0.25, 0.3) is 0 Å². The third-order valence-corrected chi connectivity index (χ3v) is 8.16. The fourth-order valence-corrected chi connectivity index (χ4v) is 5.41. The summed E-state index contributed by atoms with van der Waals surface area (Å²) in [4.78, 5) is 13.0. The highest BCUT2D eigenvalue weighted by atomic mass is 19.4. The Kier molecular flexibility index (Phi) is 14.5. The van der Waals surface area contributed by atoms with Gasteiger partial charge in [0.15, 0.2) is 0 Å². The average Bonchev–Trinajstić information content (AvgIpc) is 2.88. The third kappa shape index (κ3) is 11.3. The molecule has 0 aromatic heterocycles. The molecule has 0 saturated carbocycles. The second-order valence-corrected chi connectivity index (χ2v) is 12.0. The van der Waals surface area contributed by atoms with Crippen molar-refractivity contribution in [3.8, 4) is 0 Å². The van der Waals surface area contributed by atoms with E-state index in [1.54, 1.807) is 6.08 Å². The number of allylic oxidation sites excluding steroid dienone is 3. The fourth-order valence-electron chi connectivity index (χ4n) is 5.41. The van der Waals surface area contributed by atoms with Crippen molar-refractivity contribution in [1.82, 2.24) is 5.32 Å². The maximum atomic E-state index is 13.6. The molecule has 1 saturated heterocycles. The normalized spacial score (nSPS) is 20.4. The van der Waals surface area contributed by atoms with Crippen LogP contribution >= 0.6 is 0 Å². The Morgan fingerprint density at radius 3 is 2.38 bits per heavy atom. The van der Waals surface area contributed by atoms with Crippen molar-refractivity contribution in [1.29, 1.82) is 0 Å². The van der Waals surface area contributed by atoms with Crippen LogP contribution in [0.5, 0.6) is 0 Å². The van der Waals surface area contributed by atoms with Crippen LogP contribution < -0.4 is 11.1 Å². The zero-order valence-electron chi connectivity index (χ0n) is 24.9. The largest absolute Gasteiger partial charge is 0.493 e. The summed E-state index contributed by atoms with van der Waals surface area (Å²) in [7, 11) is 1.54. The van der Waals surface area contributed by atoms with Gasteiger partial charge in [0.1, 0.15) is 5.76 Å². The number of carbonyl (C=O) groups excluding carboxylic acids is 1. The van der Waals surface area contributed by atoms with Crippen LogP contribution in [0.4, 0.5) is 13.2 Å². The van der Waals surface area contributed by atoms with Gasteiger partial charge in [-0.3, -0.25) is 4.79 Å². The Morgan fingerprint density at radius 2 is 1.80 bits per heavy atom. The molecule has 0 aromatic carbocycles. The Labute approximate surface area is 238 Å². The minimum Gasteiger partial charge on any atom is -0.493 e. The molecule has 0 radical (unpaired) electrons. The molecule has 1 fully saturated rings. The standard InChI is InChI=1S/C30H51F3N2O5/c1-19(2)22(15-21-7-8-25(30(31,32)33)28(16-21)40-12-6-11-38-5)17-26(34)27(36)18-24(20(3)4)29(37)35-23-9-13-39-14-10-23/h16,19-20,22-24,26-27,36H,6-15,17-18,34H2,1-5H3,(H,35,37)/t22-,24-,26-,27-/m0/s1. The van der Waals surface area contributed by atoms with Crippen molar-refractivity contribution in [2.75, 3.05) is 33.5 Å². The predicted molar refractivity (Wildman–Crippen MR) is 149 cm³/mol. The quantitative estimate of drug-likeness (QED) is 0.216. The summed E-state index contributed by atoms with van der Waals surface area (Å²) in [6, 6.07) is -0.470. The van der Waals surface area contributed by atoms with E-state index in [0.29, 0.717) is 45.5 Å². The Morgan fingerprint density at radius 1 is 1.12 bits per heavy atom. The van der Waals surface area contributed by atoms with Gasteiger partial charge < -0.3 is 30.4 Å². The molecule has 1 aliphatic heterocycles. The molecule has 0 bridgehead atoms. The highest BCUT2D eigenvalue weighted by Crippen LogP contribution is 2.39. The van der Waals surface area contributed by atoms with Crippen LogP contribution in [0.2, 0.25) is 0 Å². The molecular weight excluding hydrogens is 525 g/mol. The predicted octanol–water partition coefficient (Wildman–Crippen LogP) is 5.27. The number of nitrogens with one attached hydrogen (secondary N) is 1. The number of aliphatic hydroxyl groups is 1. The van der Waals surface area contributed by atoms with E-state index >= 15 is 0 Å². The topological polar surface area (TPSA) is 103 Å². The van der Waals surface area contributed by atoms with E-state index in [0.717, 1.165) is 18.4 Å². The number of aliphatic hydroxyl groups excluding tert-OH is 1. The van der Waals surface area contributed by atoms with Gasteiger partial charge in [-0.2, -0.15) is 13.2 Å². The molecule has 7 nitrogen and oxygen atoms in total. The van der Waals surface area contributed by atoms with E-state index in [2.05, 4.69) is 19.2 Å². The van der Waals surface area contributed by atoms with Gasteiger partial charge >= 0.3 is 6.18 Å². The highest BCUT2D eigenvalue weighted by Gasteiger charge is 2.38. The van der Waals surface area contributed by atoms with E-state index in [9.17, 15) is 23.1 Å². The summed E-state index contributed by atoms with van der Waals surface area (Å²) in [6.07, 6.45) is -0.166. The van der Waals surface area contributed by atoms with Crippen molar-refractivity contribution in [3.63, 3.8) is 0 Å². The van der Waals surface area contributed by atoms with Gasteiger partial charge in [-0.15, -0.1) is 0 Å². The van der Waals surface area contributed by atoms with Crippen molar-refractivity contribution < 1.29 is 37.3 Å². The number of hydrogen-bond donors (Lipinski definition) is 3. The van der Waals surface area contributed by atoms with Crippen molar-refractivity contribution in [3.05, 3.63) is 23.0 Å². The minimum atomic E-state index is -4.44. The maximum Gasteiger partial charge on any atom is 0.416 e. The Bertz CT molecular complexity index is 838. The van der Waals surface area contributed by atoms with Crippen molar-refractivity contribution in [2.24, 2.45) is 29.4 Å². The molecule has 4 N–H and O–H groups in total. The molecule has 40 heavy (non-hydrogen) atoms. The van der Waals surface area contributed by atoms with Crippen LogP contribution in [-0.2, 0) is 19.0 Å². The van der Waals surface area contributed by atoms with E-state index < -0.39 is 23.9 Å². The molecule has 0 aromatic rings. The number of amides is 1. The monoisotopic (exact) mass is 576 g/mol. The number of nitrogens with two attached hydrogens (primary N) is 1. The van der Waals surface area contributed by atoms with Crippen LogP contribution in [-0.4, -0.2) is 68.9 Å². The van der Waals surface area contributed by atoms with Crippen LogP contribution in [0.25, 0.3) is 0 Å². The summed E-state index contributed by atoms with van der Waals surface area (Å²) in [5.74, 6) is -0.237. The summed E-state index contributed by atoms with van der Waals surface area (Å²) < 4.78 is 56.8. The van der Waals surface area contributed by atoms with Gasteiger partial charge in [-0.1, -0.05) is 33.3 Å². The second-order valence-electron chi connectivity index (χ2n) is 12.0. The van der Waals surface area contributed by atoms with Gasteiger partial charge in [-0.05, 0) is 68.8 Å². The van der Waals surface area contributed by atoms with E-state index in [1.807, 2.05) is 13.8 Å². The molecule has 0 spiro atoms. The summed E-state index contributed by atoms with van der Waals surface area (Å²) in [6.45, 7) is 9.88. The smallest absolute Gasteiger partial charge is 0.416 e. The molecule has 2 aliphatic rings. The summed E-state index contributed by atoms with van der Waals surface area (Å²) in [5.41, 5.74) is 6.75. The number of ether oxygens (including phenoxy) is 3. The van der Waals surface area contributed by atoms with Gasteiger partial charge in [0.2, 0.25) is 5.91 Å². The third-order valence-electron chi connectivity index (χ3n) is 8.16. The number of alkyl halides is 3. The molecule has 2 rings (SSSR count). The number of hydrogen-bond acceptors (Lipinski definition) is 6. The van der Waals surface area contributed by atoms with Crippen LogP contribution in [0.3, 0.4) is 0 Å². The number of methoxy groups -OCH3 is 1. The zero-order valence-corrected chi connectivity index (χ0v) is 24.9. The minimum absolute atomic E-state index is 0.0342. The summed E-state index contributed by atoms with van der Waals surface area (Å²) in [5, 5.41) is 14.1. The fraction of sp³-hybridized carbons (Fsp3) is 0.833. The molecule has 1 heterocycles. The van der Waals surface area contributed by atoms with Crippen LogP contribution in [0.1, 0.15) is 79.1 Å². The van der Waals surface area contributed by atoms with Crippen LogP contribution in [0.15, 0.2) is 23.0 Å². The highest BCUT2D eigenvalue weighted by molar-refractivity contribution is 5.79. The van der Waals surface area contributed by atoms with Gasteiger partial charge in [0, 0.05) is 51.4 Å².